The van der Waals surface area contributed by atoms with E-state index in [-0.39, 0.29) is 48.7 Å². The summed E-state index contributed by atoms with van der Waals surface area (Å²) < 4.78 is 0. The van der Waals surface area contributed by atoms with Crippen LogP contribution in [0.25, 0.3) is 0 Å². The Kier molecular flexibility index (Phi) is 8.00. The van der Waals surface area contributed by atoms with Gasteiger partial charge in [-0.1, -0.05) is 37.3 Å². The van der Waals surface area contributed by atoms with Crippen LogP contribution in [0.15, 0.2) is 30.3 Å². The summed E-state index contributed by atoms with van der Waals surface area (Å²) in [5.74, 6) is 0.0215. The predicted molar refractivity (Wildman–Crippen MR) is 103 cm³/mol. The van der Waals surface area contributed by atoms with E-state index < -0.39 is 0 Å². The van der Waals surface area contributed by atoms with Crippen molar-refractivity contribution in [1.82, 2.24) is 9.80 Å². The molecule has 136 valence electrons. The molecule has 1 amide bonds. The average Bonchev–Trinajstić information content (AvgIpc) is 3.00. The number of piperazine rings is 1. The van der Waals surface area contributed by atoms with Gasteiger partial charge in [0.2, 0.25) is 5.91 Å². The van der Waals surface area contributed by atoms with Gasteiger partial charge in [-0.2, -0.15) is 0 Å². The van der Waals surface area contributed by atoms with Crippen molar-refractivity contribution in [2.45, 2.75) is 44.8 Å². The maximum atomic E-state index is 12.9. The monoisotopic (exact) mass is 373 g/mol. The summed E-state index contributed by atoms with van der Waals surface area (Å²) in [5, 5.41) is 0. The number of amides is 1. The van der Waals surface area contributed by atoms with Crippen LogP contribution < -0.4 is 5.73 Å². The topological polar surface area (TPSA) is 49.6 Å². The van der Waals surface area contributed by atoms with Gasteiger partial charge in [0.05, 0.1) is 5.92 Å². The van der Waals surface area contributed by atoms with Crippen molar-refractivity contribution < 1.29 is 4.79 Å². The fourth-order valence-corrected chi connectivity index (χ4v) is 3.87. The predicted octanol–water partition coefficient (Wildman–Crippen LogP) is 2.86. The van der Waals surface area contributed by atoms with Gasteiger partial charge in [-0.05, 0) is 31.9 Å². The van der Waals surface area contributed by atoms with Crippen molar-refractivity contribution in [2.75, 3.05) is 19.6 Å². The summed E-state index contributed by atoms with van der Waals surface area (Å²) in [6.07, 6.45) is 2.48. The number of fused-ring (bicyclic) bond motifs is 1. The summed E-state index contributed by atoms with van der Waals surface area (Å²) in [6.45, 7) is 7.19. The molecule has 6 heteroatoms. The minimum atomic E-state index is -0.234. The van der Waals surface area contributed by atoms with Gasteiger partial charge in [-0.15, -0.1) is 24.8 Å². The number of rotatable bonds is 3. The first kappa shape index (κ1) is 21.2. The van der Waals surface area contributed by atoms with E-state index in [4.69, 9.17) is 5.73 Å². The van der Waals surface area contributed by atoms with E-state index in [1.165, 1.54) is 19.4 Å². The highest BCUT2D eigenvalue weighted by atomic mass is 35.5. The molecule has 24 heavy (non-hydrogen) atoms. The summed E-state index contributed by atoms with van der Waals surface area (Å²) in [5.41, 5.74) is 7.38. The first-order chi connectivity index (χ1) is 10.6. The van der Waals surface area contributed by atoms with Crippen molar-refractivity contribution in [1.29, 1.82) is 0 Å². The molecule has 0 aromatic heterocycles. The number of carbonyl (C=O) groups excluding carboxylic acids is 1. The van der Waals surface area contributed by atoms with Gasteiger partial charge in [-0.3, -0.25) is 9.69 Å². The lowest BCUT2D eigenvalue weighted by Gasteiger charge is -2.43. The second kappa shape index (κ2) is 9.04. The smallest absolute Gasteiger partial charge is 0.227 e. The van der Waals surface area contributed by atoms with Crippen molar-refractivity contribution in [3.05, 3.63) is 35.9 Å². The SMILES string of the molecule is CC(C(=O)N1CC2CCCN2CC1C)C(N)c1ccccc1.Cl.Cl. The van der Waals surface area contributed by atoms with E-state index in [0.29, 0.717) is 6.04 Å². The Balaban J connectivity index is 0.00000144. The molecule has 2 heterocycles. The number of hydrogen-bond acceptors (Lipinski definition) is 3. The van der Waals surface area contributed by atoms with E-state index in [0.717, 1.165) is 18.7 Å². The zero-order chi connectivity index (χ0) is 15.7. The third-order valence-corrected chi connectivity index (χ3v) is 5.33. The Labute approximate surface area is 157 Å². The Hall–Kier alpha value is -0.810. The van der Waals surface area contributed by atoms with Crippen LogP contribution >= 0.6 is 24.8 Å². The van der Waals surface area contributed by atoms with Crippen molar-refractivity contribution >= 4 is 30.7 Å². The van der Waals surface area contributed by atoms with Crippen LogP contribution in [0.4, 0.5) is 0 Å². The molecule has 3 rings (SSSR count). The lowest BCUT2D eigenvalue weighted by molar-refractivity contribution is -0.141. The third kappa shape index (κ3) is 4.23. The van der Waals surface area contributed by atoms with E-state index >= 15 is 0 Å². The van der Waals surface area contributed by atoms with Gasteiger partial charge in [-0.25, -0.2) is 0 Å². The van der Waals surface area contributed by atoms with Crippen LogP contribution in [0.2, 0.25) is 0 Å². The summed E-state index contributed by atoms with van der Waals surface area (Å²) in [4.78, 5) is 17.5. The first-order valence-corrected chi connectivity index (χ1v) is 8.43. The fraction of sp³-hybridized carbons (Fsp3) is 0.611. The molecule has 0 bridgehead atoms. The van der Waals surface area contributed by atoms with E-state index in [1.807, 2.05) is 37.3 Å². The number of halogens is 2. The zero-order valence-electron chi connectivity index (χ0n) is 14.4. The number of benzene rings is 1. The molecule has 4 atom stereocenters. The lowest BCUT2D eigenvalue weighted by atomic mass is 9.93. The molecule has 2 fully saturated rings. The van der Waals surface area contributed by atoms with Crippen LogP contribution in [0.1, 0.15) is 38.3 Å². The lowest BCUT2D eigenvalue weighted by Crippen LogP contribution is -2.58. The summed E-state index contributed by atoms with van der Waals surface area (Å²) in [6, 6.07) is 10.6. The fourth-order valence-electron chi connectivity index (χ4n) is 3.87. The quantitative estimate of drug-likeness (QED) is 0.885. The highest BCUT2D eigenvalue weighted by molar-refractivity contribution is 5.85. The van der Waals surface area contributed by atoms with E-state index in [2.05, 4.69) is 16.7 Å². The molecule has 0 saturated carbocycles. The summed E-state index contributed by atoms with van der Waals surface area (Å²) in [7, 11) is 0. The molecule has 0 radical (unpaired) electrons. The minimum Gasteiger partial charge on any atom is -0.337 e. The van der Waals surface area contributed by atoms with Gasteiger partial charge in [0.25, 0.3) is 0 Å². The van der Waals surface area contributed by atoms with Gasteiger partial charge < -0.3 is 10.6 Å². The highest BCUT2D eigenvalue weighted by Gasteiger charge is 2.38. The molecule has 2 N–H and O–H groups in total. The van der Waals surface area contributed by atoms with Crippen LogP contribution in [0.5, 0.6) is 0 Å². The van der Waals surface area contributed by atoms with Gasteiger partial charge in [0.1, 0.15) is 0 Å². The molecule has 1 aromatic carbocycles. The third-order valence-electron chi connectivity index (χ3n) is 5.33. The molecule has 4 unspecified atom stereocenters. The van der Waals surface area contributed by atoms with Crippen molar-refractivity contribution in [3.63, 3.8) is 0 Å². The molecule has 2 aliphatic heterocycles. The Bertz CT molecular complexity index is 528. The highest BCUT2D eigenvalue weighted by Crippen LogP contribution is 2.28. The van der Waals surface area contributed by atoms with Gasteiger partial charge in [0, 0.05) is 31.2 Å². The second-order valence-electron chi connectivity index (χ2n) is 6.86. The Morgan fingerprint density at radius 3 is 2.54 bits per heavy atom. The van der Waals surface area contributed by atoms with Crippen LogP contribution in [-0.2, 0) is 4.79 Å². The van der Waals surface area contributed by atoms with Gasteiger partial charge >= 0.3 is 0 Å². The summed E-state index contributed by atoms with van der Waals surface area (Å²) >= 11 is 0. The molecule has 0 spiro atoms. The van der Waals surface area contributed by atoms with Crippen LogP contribution in [0, 0.1) is 5.92 Å². The number of hydrogen-bond donors (Lipinski definition) is 1. The van der Waals surface area contributed by atoms with Crippen molar-refractivity contribution in [2.24, 2.45) is 11.7 Å². The molecular weight excluding hydrogens is 345 g/mol. The molecule has 1 aromatic rings. The standard InChI is InChI=1S/C18H27N3O.2ClH/c1-13-11-20-10-6-9-16(20)12-21(13)18(22)14(2)17(19)15-7-4-3-5-8-15;;/h3-5,7-8,13-14,16-17H,6,9-12,19H2,1-2H3;2*1H. The normalized spacial score (nSPS) is 25.9. The second-order valence-corrected chi connectivity index (χ2v) is 6.86. The zero-order valence-corrected chi connectivity index (χ0v) is 16.1. The molecular formula is C18H29Cl2N3O. The Morgan fingerprint density at radius 1 is 1.21 bits per heavy atom. The number of carbonyl (C=O) groups is 1. The minimum absolute atomic E-state index is 0. The number of nitrogens with zero attached hydrogens (tertiary/aromatic N) is 2. The molecule has 4 nitrogen and oxygen atoms in total. The average molecular weight is 374 g/mol. The van der Waals surface area contributed by atoms with Gasteiger partial charge in [0.15, 0.2) is 0 Å². The van der Waals surface area contributed by atoms with Crippen LogP contribution in [0.3, 0.4) is 0 Å². The van der Waals surface area contributed by atoms with Crippen molar-refractivity contribution in [3.8, 4) is 0 Å². The molecule has 0 aliphatic carbocycles. The maximum Gasteiger partial charge on any atom is 0.227 e. The van der Waals surface area contributed by atoms with E-state index in [1.54, 1.807) is 0 Å². The maximum absolute atomic E-state index is 12.9. The largest absolute Gasteiger partial charge is 0.337 e. The number of nitrogens with two attached hydrogens (primary N) is 1. The van der Waals surface area contributed by atoms with Crippen LogP contribution in [-0.4, -0.2) is 47.4 Å². The van der Waals surface area contributed by atoms with E-state index in [9.17, 15) is 4.79 Å². The molecule has 2 saturated heterocycles. The Morgan fingerprint density at radius 2 is 1.88 bits per heavy atom. The first-order valence-electron chi connectivity index (χ1n) is 8.43. The molecule has 2 aliphatic rings.